The minimum absolute atomic E-state index is 0.0319. The molecule has 1 aliphatic heterocycles. The highest BCUT2D eigenvalue weighted by molar-refractivity contribution is 7.89. The van der Waals surface area contributed by atoms with E-state index in [-0.39, 0.29) is 23.8 Å². The van der Waals surface area contributed by atoms with E-state index in [0.29, 0.717) is 6.42 Å². The van der Waals surface area contributed by atoms with Gasteiger partial charge < -0.3 is 10.2 Å². The van der Waals surface area contributed by atoms with Crippen LogP contribution in [0.3, 0.4) is 0 Å². The second-order valence-electron chi connectivity index (χ2n) is 7.11. The van der Waals surface area contributed by atoms with Crippen molar-refractivity contribution in [2.45, 2.75) is 31.1 Å². The van der Waals surface area contributed by atoms with E-state index >= 15 is 0 Å². The normalized spacial score (nSPS) is 13.6. The summed E-state index contributed by atoms with van der Waals surface area (Å²) in [7, 11) is -2.24. The molecule has 0 bridgehead atoms. The summed E-state index contributed by atoms with van der Waals surface area (Å²) < 4.78 is 39.1. The molecule has 2 aromatic rings. The number of anilines is 2. The van der Waals surface area contributed by atoms with E-state index in [1.807, 2.05) is 18.2 Å². The topological polar surface area (TPSA) is 69.7 Å². The largest absolute Gasteiger partial charge is 0.371 e. The molecule has 0 radical (unpaired) electrons. The third-order valence-electron chi connectivity index (χ3n) is 5.14. The third kappa shape index (κ3) is 4.94. The molecule has 29 heavy (non-hydrogen) atoms. The van der Waals surface area contributed by atoms with Gasteiger partial charge in [-0.05, 0) is 61.7 Å². The van der Waals surface area contributed by atoms with Gasteiger partial charge in [-0.25, -0.2) is 17.1 Å². The van der Waals surface area contributed by atoms with Gasteiger partial charge in [-0.15, -0.1) is 0 Å². The molecule has 0 saturated carbocycles. The van der Waals surface area contributed by atoms with Gasteiger partial charge in [0, 0.05) is 44.5 Å². The zero-order valence-electron chi connectivity index (χ0n) is 16.7. The first-order valence-electron chi connectivity index (χ1n) is 9.71. The molecule has 0 atom stereocenters. The monoisotopic (exact) mass is 419 g/mol. The first-order valence-corrected chi connectivity index (χ1v) is 11.1. The maximum Gasteiger partial charge on any atom is 0.242 e. The fourth-order valence-electron chi connectivity index (χ4n) is 3.44. The predicted octanol–water partition coefficient (Wildman–Crippen LogP) is 3.25. The van der Waals surface area contributed by atoms with Crippen LogP contribution in [-0.2, 0) is 21.2 Å². The number of hydrogen-bond donors (Lipinski definition) is 1. The summed E-state index contributed by atoms with van der Waals surface area (Å²) in [5, 5.41) is 2.89. The standard InChI is InChI=1S/C21H26FN3O3S/c1-3-25-14-12-16-6-9-18(15-20(16)25)23-21(26)5-4-13-24(2)29(27,28)19-10-7-17(22)8-11-19/h6-11,15H,3-5,12-14H2,1-2H3,(H,23,26). The maximum atomic E-state index is 13.0. The van der Waals surface area contributed by atoms with Gasteiger partial charge in [0.2, 0.25) is 15.9 Å². The molecule has 156 valence electrons. The summed E-state index contributed by atoms with van der Waals surface area (Å²) in [6.07, 6.45) is 1.61. The fourth-order valence-corrected chi connectivity index (χ4v) is 4.65. The van der Waals surface area contributed by atoms with E-state index in [4.69, 9.17) is 0 Å². The van der Waals surface area contributed by atoms with Gasteiger partial charge in [0.25, 0.3) is 0 Å². The average Bonchev–Trinajstić information content (AvgIpc) is 3.10. The second-order valence-corrected chi connectivity index (χ2v) is 9.15. The lowest BCUT2D eigenvalue weighted by atomic mass is 10.1. The molecular weight excluding hydrogens is 393 g/mol. The smallest absolute Gasteiger partial charge is 0.242 e. The van der Waals surface area contributed by atoms with Gasteiger partial charge in [0.15, 0.2) is 0 Å². The van der Waals surface area contributed by atoms with Crippen molar-refractivity contribution in [1.82, 2.24) is 4.31 Å². The van der Waals surface area contributed by atoms with Crippen LogP contribution in [0.2, 0.25) is 0 Å². The number of sulfonamides is 1. The highest BCUT2D eigenvalue weighted by Crippen LogP contribution is 2.30. The van der Waals surface area contributed by atoms with Crippen molar-refractivity contribution in [3.8, 4) is 0 Å². The molecule has 1 aliphatic rings. The number of halogens is 1. The van der Waals surface area contributed by atoms with Gasteiger partial charge in [0.1, 0.15) is 5.82 Å². The van der Waals surface area contributed by atoms with Crippen LogP contribution in [0.5, 0.6) is 0 Å². The summed E-state index contributed by atoms with van der Waals surface area (Å²) in [4.78, 5) is 14.6. The minimum Gasteiger partial charge on any atom is -0.371 e. The van der Waals surface area contributed by atoms with Crippen LogP contribution in [0.15, 0.2) is 47.4 Å². The maximum absolute atomic E-state index is 13.0. The first-order chi connectivity index (χ1) is 13.8. The number of amides is 1. The molecule has 0 unspecified atom stereocenters. The van der Waals surface area contributed by atoms with Gasteiger partial charge in [-0.1, -0.05) is 6.07 Å². The summed E-state index contributed by atoms with van der Waals surface area (Å²) in [6.45, 7) is 4.23. The van der Waals surface area contributed by atoms with Crippen molar-refractivity contribution in [3.63, 3.8) is 0 Å². The highest BCUT2D eigenvalue weighted by Gasteiger charge is 2.21. The van der Waals surface area contributed by atoms with E-state index in [9.17, 15) is 17.6 Å². The zero-order chi connectivity index (χ0) is 21.0. The van der Waals surface area contributed by atoms with Crippen molar-refractivity contribution in [3.05, 3.63) is 53.8 Å². The number of carbonyl (C=O) groups is 1. The number of fused-ring (bicyclic) bond motifs is 1. The van der Waals surface area contributed by atoms with Gasteiger partial charge >= 0.3 is 0 Å². The molecule has 0 aromatic heterocycles. The molecule has 2 aromatic carbocycles. The Hall–Kier alpha value is -2.45. The van der Waals surface area contributed by atoms with Crippen LogP contribution < -0.4 is 10.2 Å². The zero-order valence-corrected chi connectivity index (χ0v) is 17.5. The number of benzene rings is 2. The molecule has 8 heteroatoms. The minimum atomic E-state index is -3.70. The lowest BCUT2D eigenvalue weighted by Crippen LogP contribution is -2.28. The van der Waals surface area contributed by atoms with E-state index in [1.165, 1.54) is 29.0 Å². The SMILES string of the molecule is CCN1CCc2ccc(NC(=O)CCCN(C)S(=O)(=O)c3ccc(F)cc3)cc21. The Labute approximate surface area is 171 Å². The number of nitrogens with zero attached hydrogens (tertiary/aromatic N) is 2. The van der Waals surface area contributed by atoms with E-state index in [0.717, 1.165) is 43.0 Å². The van der Waals surface area contributed by atoms with E-state index in [2.05, 4.69) is 17.1 Å². The Morgan fingerprint density at radius 2 is 1.93 bits per heavy atom. The number of carbonyl (C=O) groups excluding carboxylic acids is 1. The first kappa shape index (κ1) is 21.3. The molecule has 1 amide bonds. The molecule has 0 saturated heterocycles. The number of hydrogen-bond acceptors (Lipinski definition) is 4. The Balaban J connectivity index is 1.52. The molecule has 0 spiro atoms. The number of nitrogens with one attached hydrogen (secondary N) is 1. The van der Waals surface area contributed by atoms with E-state index in [1.54, 1.807) is 0 Å². The van der Waals surface area contributed by atoms with Crippen molar-refractivity contribution in [2.75, 3.05) is 36.9 Å². The number of likely N-dealkylation sites (N-methyl/N-ethyl adjacent to an activating group) is 1. The van der Waals surface area contributed by atoms with Crippen LogP contribution in [0.1, 0.15) is 25.3 Å². The molecular formula is C21H26FN3O3S. The molecule has 3 rings (SSSR count). The Kier molecular flexibility index (Phi) is 6.54. The lowest BCUT2D eigenvalue weighted by molar-refractivity contribution is -0.116. The number of rotatable bonds is 8. The Bertz CT molecular complexity index is 977. The lowest BCUT2D eigenvalue weighted by Gasteiger charge is -2.18. The van der Waals surface area contributed by atoms with Crippen LogP contribution >= 0.6 is 0 Å². The van der Waals surface area contributed by atoms with Crippen molar-refractivity contribution in [1.29, 1.82) is 0 Å². The Morgan fingerprint density at radius 1 is 1.21 bits per heavy atom. The van der Waals surface area contributed by atoms with Gasteiger partial charge in [-0.2, -0.15) is 0 Å². The Morgan fingerprint density at radius 3 is 2.62 bits per heavy atom. The van der Waals surface area contributed by atoms with Gasteiger partial charge in [-0.3, -0.25) is 4.79 Å². The van der Waals surface area contributed by atoms with Gasteiger partial charge in [0.05, 0.1) is 4.90 Å². The van der Waals surface area contributed by atoms with Crippen LogP contribution in [-0.4, -0.2) is 45.3 Å². The summed E-state index contributed by atoms with van der Waals surface area (Å²) in [5.74, 6) is -0.643. The second kappa shape index (κ2) is 8.92. The predicted molar refractivity (Wildman–Crippen MR) is 112 cm³/mol. The highest BCUT2D eigenvalue weighted by atomic mass is 32.2. The van der Waals surface area contributed by atoms with Crippen LogP contribution in [0.4, 0.5) is 15.8 Å². The van der Waals surface area contributed by atoms with Crippen molar-refractivity contribution in [2.24, 2.45) is 0 Å². The summed E-state index contributed by atoms with van der Waals surface area (Å²) >= 11 is 0. The fraction of sp³-hybridized carbons (Fsp3) is 0.381. The molecule has 0 aliphatic carbocycles. The van der Waals surface area contributed by atoms with Crippen LogP contribution in [0.25, 0.3) is 0 Å². The average molecular weight is 420 g/mol. The van der Waals surface area contributed by atoms with Crippen molar-refractivity contribution < 1.29 is 17.6 Å². The molecule has 1 heterocycles. The van der Waals surface area contributed by atoms with Crippen molar-refractivity contribution >= 4 is 27.3 Å². The van der Waals surface area contributed by atoms with Crippen LogP contribution in [0, 0.1) is 5.82 Å². The summed E-state index contributed by atoms with van der Waals surface area (Å²) in [5.41, 5.74) is 3.20. The molecule has 6 nitrogen and oxygen atoms in total. The quantitative estimate of drug-likeness (QED) is 0.713. The summed E-state index contributed by atoms with van der Waals surface area (Å²) in [6, 6.07) is 10.6. The molecule has 0 fully saturated rings. The van der Waals surface area contributed by atoms with E-state index < -0.39 is 15.8 Å². The third-order valence-corrected chi connectivity index (χ3v) is 7.01. The molecule has 1 N–H and O–H groups in total.